The predicted molar refractivity (Wildman–Crippen MR) is 127 cm³/mol. The molecule has 0 heterocycles. The molecule has 184 valence electrons. The maximum atomic E-state index is 13.6. The quantitative estimate of drug-likeness (QED) is 0.458. The average Bonchev–Trinajstić information content (AvgIpc) is 3.44. The van der Waals surface area contributed by atoms with Crippen LogP contribution in [0.25, 0.3) is 0 Å². The van der Waals surface area contributed by atoms with Gasteiger partial charge in [-0.3, -0.25) is 9.59 Å². The molecule has 3 N–H and O–H groups in total. The number of phenolic OH excluding ortho intramolecular Hbond substituents is 1. The number of alkyl carbamates (subject to hydrolysis) is 1. The normalized spacial score (nSPS) is 19.2. The lowest BCUT2D eigenvalue weighted by Crippen LogP contribution is -2.53. The minimum Gasteiger partial charge on any atom is -0.508 e. The van der Waals surface area contributed by atoms with E-state index in [1.807, 2.05) is 6.92 Å². The third-order valence-electron chi connectivity index (χ3n) is 5.60. The van der Waals surface area contributed by atoms with Crippen LogP contribution in [0.15, 0.2) is 24.3 Å². The summed E-state index contributed by atoms with van der Waals surface area (Å²) in [5.74, 6) is -0.292. The highest BCUT2D eigenvalue weighted by molar-refractivity contribution is 5.92. The van der Waals surface area contributed by atoms with Gasteiger partial charge in [-0.2, -0.15) is 0 Å². The number of carbonyl (C=O) groups excluding carboxylic acids is 3. The zero-order valence-electron chi connectivity index (χ0n) is 20.7. The number of aromatic hydroxyl groups is 1. The summed E-state index contributed by atoms with van der Waals surface area (Å²) >= 11 is 0. The molecule has 4 unspecified atom stereocenters. The van der Waals surface area contributed by atoms with Crippen molar-refractivity contribution in [2.75, 3.05) is 6.54 Å². The van der Waals surface area contributed by atoms with E-state index in [2.05, 4.69) is 17.6 Å². The second kappa shape index (κ2) is 11.4. The third kappa shape index (κ3) is 7.94. The number of phenols is 1. The van der Waals surface area contributed by atoms with Gasteiger partial charge in [0.15, 0.2) is 0 Å². The molecule has 0 bridgehead atoms. The molecule has 1 saturated carbocycles. The summed E-state index contributed by atoms with van der Waals surface area (Å²) in [5.41, 5.74) is -0.0810. The number of nitrogens with zero attached hydrogens (tertiary/aromatic N) is 1. The molecular weight excluding hydrogens is 422 g/mol. The van der Waals surface area contributed by atoms with E-state index in [0.717, 1.165) is 25.7 Å². The molecule has 2 rings (SSSR count). The fourth-order valence-electron chi connectivity index (χ4n) is 3.72. The summed E-state index contributed by atoms with van der Waals surface area (Å²) in [5, 5.41) is 15.3. The van der Waals surface area contributed by atoms with Crippen LogP contribution < -0.4 is 10.6 Å². The Balaban J connectivity index is 2.29. The predicted octanol–water partition coefficient (Wildman–Crippen LogP) is 3.89. The Morgan fingerprint density at radius 3 is 2.30 bits per heavy atom. The molecule has 3 amide bonds. The number of hydrogen-bond donors (Lipinski definition) is 3. The van der Waals surface area contributed by atoms with Crippen molar-refractivity contribution < 1.29 is 24.2 Å². The van der Waals surface area contributed by atoms with E-state index in [9.17, 15) is 19.5 Å². The molecule has 1 aromatic carbocycles. The Morgan fingerprint density at radius 2 is 1.79 bits per heavy atom. The number of nitrogens with one attached hydrogen (secondary N) is 2. The molecule has 0 aromatic heterocycles. The number of rotatable bonds is 10. The summed E-state index contributed by atoms with van der Waals surface area (Å²) in [6.07, 6.45) is 2.99. The van der Waals surface area contributed by atoms with Crippen LogP contribution in [0.4, 0.5) is 4.79 Å². The van der Waals surface area contributed by atoms with Crippen molar-refractivity contribution in [3.63, 3.8) is 0 Å². The molecular formula is C25H39N3O5. The van der Waals surface area contributed by atoms with Gasteiger partial charge >= 0.3 is 6.09 Å². The lowest BCUT2D eigenvalue weighted by molar-refractivity contribution is -0.143. The first-order chi connectivity index (χ1) is 15.4. The first kappa shape index (κ1) is 26.5. The Morgan fingerprint density at radius 1 is 1.18 bits per heavy atom. The first-order valence-corrected chi connectivity index (χ1v) is 11.8. The molecule has 1 fully saturated rings. The molecule has 0 radical (unpaired) electrons. The van der Waals surface area contributed by atoms with Crippen LogP contribution in [0.1, 0.15) is 78.8 Å². The summed E-state index contributed by atoms with van der Waals surface area (Å²) in [7, 11) is 0. The molecule has 1 aliphatic rings. The minimum absolute atomic E-state index is 0.0819. The molecule has 8 heteroatoms. The number of carbonyl (C=O) groups is 3. The van der Waals surface area contributed by atoms with E-state index in [-0.39, 0.29) is 29.5 Å². The van der Waals surface area contributed by atoms with E-state index in [1.54, 1.807) is 44.7 Å². The number of amides is 3. The summed E-state index contributed by atoms with van der Waals surface area (Å²) in [6.45, 7) is 11.5. The van der Waals surface area contributed by atoms with Crippen LogP contribution in [0, 0.1) is 5.92 Å². The van der Waals surface area contributed by atoms with E-state index in [0.29, 0.717) is 12.1 Å². The number of unbranched alkanes of at least 4 members (excludes halogenated alkanes) is 2. The van der Waals surface area contributed by atoms with Gasteiger partial charge in [0.25, 0.3) is 0 Å². The van der Waals surface area contributed by atoms with Crippen molar-refractivity contribution in [1.29, 1.82) is 0 Å². The Hall–Kier alpha value is -2.77. The zero-order chi connectivity index (χ0) is 24.8. The summed E-state index contributed by atoms with van der Waals surface area (Å²) < 4.78 is 5.29. The van der Waals surface area contributed by atoms with Gasteiger partial charge < -0.3 is 25.4 Å². The van der Waals surface area contributed by atoms with Crippen LogP contribution in [-0.4, -0.2) is 52.1 Å². The van der Waals surface area contributed by atoms with Crippen molar-refractivity contribution >= 4 is 17.9 Å². The fourth-order valence-corrected chi connectivity index (χ4v) is 3.72. The number of ether oxygens (including phenoxy) is 1. The maximum Gasteiger partial charge on any atom is 0.408 e. The highest BCUT2D eigenvalue weighted by Crippen LogP contribution is 2.40. The second-order valence-electron chi connectivity index (χ2n) is 9.89. The van der Waals surface area contributed by atoms with Crippen LogP contribution in [0.2, 0.25) is 0 Å². The topological polar surface area (TPSA) is 108 Å². The zero-order valence-corrected chi connectivity index (χ0v) is 20.7. The van der Waals surface area contributed by atoms with Crippen molar-refractivity contribution in [2.24, 2.45) is 5.92 Å². The molecule has 0 aliphatic heterocycles. The molecule has 33 heavy (non-hydrogen) atoms. The Kier molecular flexibility index (Phi) is 9.14. The minimum atomic E-state index is -0.875. The van der Waals surface area contributed by atoms with E-state index < -0.39 is 23.8 Å². The number of benzene rings is 1. The summed E-state index contributed by atoms with van der Waals surface area (Å²) in [4.78, 5) is 40.7. The van der Waals surface area contributed by atoms with Crippen LogP contribution in [-0.2, 0) is 14.3 Å². The average molecular weight is 462 g/mol. The highest BCUT2D eigenvalue weighted by atomic mass is 16.6. The SMILES string of the molecule is CCCCCNC(=O)C(c1ccc(O)cc1)N(C(=O)C(C)NC(=O)OC(C)(C)C)C1CC1C. The van der Waals surface area contributed by atoms with Crippen molar-refractivity contribution in [3.8, 4) is 5.75 Å². The molecule has 8 nitrogen and oxygen atoms in total. The molecule has 1 aromatic rings. The second-order valence-corrected chi connectivity index (χ2v) is 9.89. The molecule has 0 saturated heterocycles. The summed E-state index contributed by atoms with van der Waals surface area (Å²) in [6, 6.07) is 4.48. The van der Waals surface area contributed by atoms with E-state index in [1.165, 1.54) is 12.1 Å². The first-order valence-electron chi connectivity index (χ1n) is 11.8. The lowest BCUT2D eigenvalue weighted by atomic mass is 10.0. The van der Waals surface area contributed by atoms with Gasteiger partial charge in [0.2, 0.25) is 11.8 Å². The van der Waals surface area contributed by atoms with E-state index in [4.69, 9.17) is 4.74 Å². The van der Waals surface area contributed by atoms with Gasteiger partial charge in [-0.05, 0) is 64.2 Å². The van der Waals surface area contributed by atoms with Gasteiger partial charge in [0.1, 0.15) is 23.4 Å². The van der Waals surface area contributed by atoms with Gasteiger partial charge in [0, 0.05) is 12.6 Å². The standard InChI is InChI=1S/C25H39N3O5/c1-7-8-9-14-26-22(30)21(18-10-12-19(29)13-11-18)28(20-15-16(20)2)23(31)17(3)27-24(32)33-25(4,5)6/h10-13,16-17,20-21,29H,7-9,14-15H2,1-6H3,(H,26,30)(H,27,32). The highest BCUT2D eigenvalue weighted by Gasteiger charge is 2.47. The Labute approximate surface area is 197 Å². The molecule has 0 spiro atoms. The van der Waals surface area contributed by atoms with E-state index >= 15 is 0 Å². The number of hydrogen-bond acceptors (Lipinski definition) is 5. The van der Waals surface area contributed by atoms with Crippen molar-refractivity contribution in [2.45, 2.75) is 91.0 Å². The Bertz CT molecular complexity index is 818. The van der Waals surface area contributed by atoms with Crippen molar-refractivity contribution in [3.05, 3.63) is 29.8 Å². The monoisotopic (exact) mass is 461 g/mol. The van der Waals surface area contributed by atoms with Gasteiger partial charge in [-0.25, -0.2) is 4.79 Å². The van der Waals surface area contributed by atoms with Crippen LogP contribution >= 0.6 is 0 Å². The van der Waals surface area contributed by atoms with Gasteiger partial charge in [-0.1, -0.05) is 38.8 Å². The largest absolute Gasteiger partial charge is 0.508 e. The molecule has 4 atom stereocenters. The van der Waals surface area contributed by atoms with Crippen LogP contribution in [0.3, 0.4) is 0 Å². The van der Waals surface area contributed by atoms with Crippen molar-refractivity contribution in [1.82, 2.24) is 15.5 Å². The molecule has 1 aliphatic carbocycles. The van der Waals surface area contributed by atoms with Gasteiger partial charge in [-0.15, -0.1) is 0 Å². The fraction of sp³-hybridized carbons (Fsp3) is 0.640. The third-order valence-corrected chi connectivity index (χ3v) is 5.60. The van der Waals surface area contributed by atoms with Gasteiger partial charge in [0.05, 0.1) is 0 Å². The maximum absolute atomic E-state index is 13.6. The smallest absolute Gasteiger partial charge is 0.408 e. The lowest BCUT2D eigenvalue weighted by Gasteiger charge is -2.34. The van der Waals surface area contributed by atoms with Crippen LogP contribution in [0.5, 0.6) is 5.75 Å².